The maximum Gasteiger partial charge on any atom is 0.128 e. The third-order valence-electron chi connectivity index (χ3n) is 5.72. The lowest BCUT2D eigenvalue weighted by molar-refractivity contribution is 0.413. The van der Waals surface area contributed by atoms with Gasteiger partial charge >= 0.3 is 0 Å². The Balaban J connectivity index is 1.68. The minimum Gasteiger partial charge on any atom is -0.377 e. The molecule has 26 heavy (non-hydrogen) atoms. The summed E-state index contributed by atoms with van der Waals surface area (Å²) < 4.78 is 14.6. The quantitative estimate of drug-likeness (QED) is 0.538. The predicted octanol–water partition coefficient (Wildman–Crippen LogP) is 6.32. The first-order valence-corrected chi connectivity index (χ1v) is 9.19. The fourth-order valence-corrected chi connectivity index (χ4v) is 4.51. The van der Waals surface area contributed by atoms with E-state index in [9.17, 15) is 4.39 Å². The Hall–Kier alpha value is -2.87. The van der Waals surface area contributed by atoms with E-state index in [0.29, 0.717) is 11.8 Å². The molecule has 2 aliphatic rings. The number of fused-ring (bicyclic) bond motifs is 3. The van der Waals surface area contributed by atoms with Crippen LogP contribution in [-0.2, 0) is 0 Å². The van der Waals surface area contributed by atoms with Gasteiger partial charge in [0.25, 0.3) is 0 Å². The summed E-state index contributed by atoms with van der Waals surface area (Å²) >= 11 is 0. The first kappa shape index (κ1) is 15.4. The number of hydrogen-bond acceptors (Lipinski definition) is 1. The van der Waals surface area contributed by atoms with Crippen LogP contribution in [0.15, 0.2) is 84.9 Å². The monoisotopic (exact) mass is 341 g/mol. The molecule has 0 fully saturated rings. The summed E-state index contributed by atoms with van der Waals surface area (Å²) in [4.78, 5) is 0. The van der Waals surface area contributed by atoms with E-state index in [1.54, 1.807) is 12.1 Å². The topological polar surface area (TPSA) is 12.0 Å². The fourth-order valence-electron chi connectivity index (χ4n) is 4.51. The van der Waals surface area contributed by atoms with E-state index in [2.05, 4.69) is 59.9 Å². The number of allylic oxidation sites excluding steroid dienone is 2. The van der Waals surface area contributed by atoms with Crippen LogP contribution in [0.3, 0.4) is 0 Å². The second-order valence-electron chi connectivity index (χ2n) is 7.13. The Morgan fingerprint density at radius 2 is 1.58 bits per heavy atom. The van der Waals surface area contributed by atoms with Gasteiger partial charge in [-0.3, -0.25) is 0 Å². The van der Waals surface area contributed by atoms with Gasteiger partial charge in [-0.25, -0.2) is 4.39 Å². The van der Waals surface area contributed by atoms with Crippen LogP contribution in [0.1, 0.15) is 29.5 Å². The summed E-state index contributed by atoms with van der Waals surface area (Å²) in [7, 11) is 0. The van der Waals surface area contributed by atoms with Crippen molar-refractivity contribution >= 4 is 5.69 Å². The third-order valence-corrected chi connectivity index (χ3v) is 5.72. The van der Waals surface area contributed by atoms with Crippen molar-refractivity contribution in [2.24, 2.45) is 5.92 Å². The number of anilines is 1. The minimum absolute atomic E-state index is 0.0198. The molecule has 0 amide bonds. The van der Waals surface area contributed by atoms with Gasteiger partial charge in [0.2, 0.25) is 0 Å². The van der Waals surface area contributed by atoms with E-state index in [1.807, 2.05) is 18.2 Å². The number of para-hydroxylation sites is 1. The van der Waals surface area contributed by atoms with E-state index in [0.717, 1.165) is 17.7 Å². The highest BCUT2D eigenvalue weighted by Gasteiger charge is 2.39. The molecular weight excluding hydrogens is 321 g/mol. The van der Waals surface area contributed by atoms with Crippen molar-refractivity contribution in [3.05, 3.63) is 102 Å². The molecule has 0 unspecified atom stereocenters. The lowest BCUT2D eigenvalue weighted by atomic mass is 9.76. The molecule has 1 heterocycles. The van der Waals surface area contributed by atoms with Crippen molar-refractivity contribution in [3.63, 3.8) is 0 Å². The second kappa shape index (κ2) is 6.14. The molecule has 0 spiro atoms. The number of hydrogen-bond donors (Lipinski definition) is 1. The lowest BCUT2D eigenvalue weighted by Gasteiger charge is -2.38. The van der Waals surface area contributed by atoms with E-state index in [-0.39, 0.29) is 11.9 Å². The summed E-state index contributed by atoms with van der Waals surface area (Å²) in [5.41, 5.74) is 5.59. The largest absolute Gasteiger partial charge is 0.377 e. The highest BCUT2D eigenvalue weighted by atomic mass is 19.1. The van der Waals surface area contributed by atoms with Gasteiger partial charge < -0.3 is 5.32 Å². The first-order chi connectivity index (χ1) is 12.8. The first-order valence-electron chi connectivity index (χ1n) is 9.19. The molecule has 0 bridgehead atoms. The Labute approximate surface area is 153 Å². The average Bonchev–Trinajstić information content (AvgIpc) is 3.18. The summed E-state index contributed by atoms with van der Waals surface area (Å²) in [6.45, 7) is 0. The van der Waals surface area contributed by atoms with Crippen LogP contribution in [0.2, 0.25) is 0 Å². The molecule has 3 aromatic carbocycles. The van der Waals surface area contributed by atoms with Crippen molar-refractivity contribution in [3.8, 4) is 11.1 Å². The Morgan fingerprint density at radius 1 is 0.808 bits per heavy atom. The highest BCUT2D eigenvalue weighted by Crippen LogP contribution is 2.52. The number of benzene rings is 3. The SMILES string of the molecule is Fc1ccccc1[C@@H]1Nc2c(-c3ccccc3)cccc2[C@@H]2C=CC[C@@H]21. The predicted molar refractivity (Wildman–Crippen MR) is 105 cm³/mol. The molecule has 1 nitrogen and oxygen atoms in total. The summed E-state index contributed by atoms with van der Waals surface area (Å²) in [5, 5.41) is 3.71. The summed E-state index contributed by atoms with van der Waals surface area (Å²) in [5.74, 6) is 0.557. The van der Waals surface area contributed by atoms with Crippen LogP contribution in [0.5, 0.6) is 0 Å². The second-order valence-corrected chi connectivity index (χ2v) is 7.13. The van der Waals surface area contributed by atoms with Crippen LogP contribution >= 0.6 is 0 Å². The van der Waals surface area contributed by atoms with Gasteiger partial charge in [0.1, 0.15) is 5.82 Å². The van der Waals surface area contributed by atoms with Gasteiger partial charge in [0, 0.05) is 22.7 Å². The zero-order valence-electron chi connectivity index (χ0n) is 14.4. The highest BCUT2D eigenvalue weighted by molar-refractivity contribution is 5.82. The molecule has 128 valence electrons. The van der Waals surface area contributed by atoms with Crippen LogP contribution in [-0.4, -0.2) is 0 Å². The molecule has 3 aromatic rings. The zero-order valence-corrected chi connectivity index (χ0v) is 14.4. The van der Waals surface area contributed by atoms with Gasteiger partial charge in [-0.1, -0.05) is 78.9 Å². The Bertz CT molecular complexity index is 977. The Kier molecular flexibility index (Phi) is 3.63. The molecule has 0 saturated carbocycles. The normalized spacial score (nSPS) is 23.2. The zero-order chi connectivity index (χ0) is 17.5. The van der Waals surface area contributed by atoms with Gasteiger partial charge in [-0.15, -0.1) is 0 Å². The van der Waals surface area contributed by atoms with E-state index in [4.69, 9.17) is 0 Å². The van der Waals surface area contributed by atoms with Gasteiger partial charge in [0.05, 0.1) is 6.04 Å². The molecule has 1 N–H and O–H groups in total. The van der Waals surface area contributed by atoms with Crippen molar-refractivity contribution in [2.75, 3.05) is 5.32 Å². The van der Waals surface area contributed by atoms with Crippen molar-refractivity contribution in [2.45, 2.75) is 18.4 Å². The Morgan fingerprint density at radius 3 is 2.42 bits per heavy atom. The smallest absolute Gasteiger partial charge is 0.128 e. The molecule has 0 aromatic heterocycles. The van der Waals surface area contributed by atoms with Crippen molar-refractivity contribution in [1.29, 1.82) is 0 Å². The van der Waals surface area contributed by atoms with Crippen molar-refractivity contribution < 1.29 is 4.39 Å². The fraction of sp³-hybridized carbons (Fsp3) is 0.167. The molecule has 1 aliphatic carbocycles. The standard InChI is InChI=1S/C24H20FN/c25-22-15-5-4-10-21(22)24-20-14-7-12-18(20)19-13-6-11-17(23(19)26-24)16-8-2-1-3-9-16/h1-13,15,18,20,24,26H,14H2/t18-,20-,24+/m0/s1. The molecular formula is C24H20FN. The van der Waals surface area contributed by atoms with Crippen LogP contribution in [0.4, 0.5) is 10.1 Å². The minimum atomic E-state index is -0.128. The maximum absolute atomic E-state index is 14.6. The molecule has 2 heteroatoms. The van der Waals surface area contributed by atoms with E-state index in [1.165, 1.54) is 16.7 Å². The summed E-state index contributed by atoms with van der Waals surface area (Å²) in [6.07, 6.45) is 5.52. The van der Waals surface area contributed by atoms with Crippen LogP contribution < -0.4 is 5.32 Å². The average molecular weight is 341 g/mol. The lowest BCUT2D eigenvalue weighted by Crippen LogP contribution is -2.30. The molecule has 0 saturated heterocycles. The number of rotatable bonds is 2. The molecule has 5 rings (SSSR count). The number of nitrogens with one attached hydrogen (secondary N) is 1. The van der Waals surface area contributed by atoms with Gasteiger partial charge in [-0.05, 0) is 29.5 Å². The van der Waals surface area contributed by atoms with Crippen molar-refractivity contribution in [1.82, 2.24) is 0 Å². The molecule has 0 radical (unpaired) electrons. The van der Waals surface area contributed by atoms with Crippen LogP contribution in [0.25, 0.3) is 11.1 Å². The van der Waals surface area contributed by atoms with E-state index >= 15 is 0 Å². The van der Waals surface area contributed by atoms with Crippen LogP contribution in [0, 0.1) is 11.7 Å². The van der Waals surface area contributed by atoms with E-state index < -0.39 is 0 Å². The number of halogens is 1. The molecule has 1 aliphatic heterocycles. The van der Waals surface area contributed by atoms with Gasteiger partial charge in [-0.2, -0.15) is 0 Å². The maximum atomic E-state index is 14.6. The third kappa shape index (κ3) is 2.37. The molecule has 3 atom stereocenters. The van der Waals surface area contributed by atoms with Gasteiger partial charge in [0.15, 0.2) is 0 Å². The summed E-state index contributed by atoms with van der Waals surface area (Å²) in [6, 6.07) is 24.1.